The molecule has 3 nitrogen and oxygen atoms in total. The first-order valence-electron chi connectivity index (χ1n) is 4.21. The molecule has 4 heteroatoms. The van der Waals surface area contributed by atoms with Gasteiger partial charge in [-0.3, -0.25) is 9.48 Å². The molecule has 0 amide bonds. The van der Waals surface area contributed by atoms with Gasteiger partial charge in [-0.15, -0.1) is 0 Å². The summed E-state index contributed by atoms with van der Waals surface area (Å²) in [5, 5.41) is 4.67. The monoisotopic (exact) mass is 192 g/mol. The number of aryl methyl sites for hydroxylation is 2. The minimum absolute atomic E-state index is 0.280. The third-order valence-electron chi connectivity index (χ3n) is 2.27. The summed E-state index contributed by atoms with van der Waals surface area (Å²) in [4.78, 5) is 10.7. The molecule has 0 radical (unpaired) electrons. The summed E-state index contributed by atoms with van der Waals surface area (Å²) in [6.07, 6.45) is 0.680. The van der Waals surface area contributed by atoms with Crippen LogP contribution >= 0.6 is 0 Å². The summed E-state index contributed by atoms with van der Waals surface area (Å²) in [7, 11) is 1.68. The molecule has 0 saturated carbocycles. The van der Waals surface area contributed by atoms with Gasteiger partial charge < -0.3 is 0 Å². The number of hydrogen-bond acceptors (Lipinski definition) is 2. The van der Waals surface area contributed by atoms with Crippen molar-refractivity contribution < 1.29 is 9.18 Å². The van der Waals surface area contributed by atoms with Crippen molar-refractivity contribution in [2.75, 3.05) is 0 Å². The lowest BCUT2D eigenvalue weighted by atomic mass is 10.1. The second-order valence-electron chi connectivity index (χ2n) is 3.25. The average Bonchev–Trinajstić information content (AvgIpc) is 2.45. The minimum atomic E-state index is -0.280. The smallest absolute Gasteiger partial charge is 0.170 e. The summed E-state index contributed by atoms with van der Waals surface area (Å²) in [5.41, 5.74) is 1.51. The van der Waals surface area contributed by atoms with Crippen molar-refractivity contribution in [3.05, 3.63) is 29.2 Å². The number of aromatic nitrogens is 2. The summed E-state index contributed by atoms with van der Waals surface area (Å²) < 4.78 is 14.7. The zero-order chi connectivity index (χ0) is 10.3. The first kappa shape index (κ1) is 8.87. The molecule has 0 saturated heterocycles. The SMILES string of the molecule is Cc1cc2c(C=O)nn(C)c2cc1F. The van der Waals surface area contributed by atoms with Crippen LogP contribution in [0, 0.1) is 12.7 Å². The van der Waals surface area contributed by atoms with Crippen molar-refractivity contribution in [3.8, 4) is 0 Å². The molecule has 0 unspecified atom stereocenters. The Bertz CT molecular complexity index is 516. The van der Waals surface area contributed by atoms with Gasteiger partial charge in [0.15, 0.2) is 6.29 Å². The molecule has 0 N–H and O–H groups in total. The first-order chi connectivity index (χ1) is 6.63. The fourth-order valence-electron chi connectivity index (χ4n) is 1.50. The average molecular weight is 192 g/mol. The van der Waals surface area contributed by atoms with Crippen LogP contribution in [-0.2, 0) is 7.05 Å². The van der Waals surface area contributed by atoms with Crippen molar-refractivity contribution in [2.24, 2.45) is 7.05 Å². The normalized spacial score (nSPS) is 10.8. The van der Waals surface area contributed by atoms with Crippen LogP contribution < -0.4 is 0 Å². The molecule has 2 rings (SSSR count). The number of aldehydes is 1. The molecule has 1 aromatic carbocycles. The second-order valence-corrected chi connectivity index (χ2v) is 3.25. The Kier molecular flexibility index (Phi) is 1.84. The molecule has 0 aliphatic heterocycles. The predicted molar refractivity (Wildman–Crippen MR) is 50.8 cm³/mol. The highest BCUT2D eigenvalue weighted by atomic mass is 19.1. The van der Waals surface area contributed by atoms with E-state index in [1.807, 2.05) is 0 Å². The quantitative estimate of drug-likeness (QED) is 0.646. The Morgan fingerprint density at radius 3 is 2.86 bits per heavy atom. The third kappa shape index (κ3) is 1.11. The molecular weight excluding hydrogens is 183 g/mol. The molecule has 0 aliphatic rings. The first-order valence-corrected chi connectivity index (χ1v) is 4.21. The van der Waals surface area contributed by atoms with E-state index in [1.54, 1.807) is 20.0 Å². The number of rotatable bonds is 1. The number of halogens is 1. The Morgan fingerprint density at radius 1 is 1.50 bits per heavy atom. The summed E-state index contributed by atoms with van der Waals surface area (Å²) >= 11 is 0. The molecular formula is C10H9FN2O. The number of nitrogens with zero attached hydrogens (tertiary/aromatic N) is 2. The zero-order valence-electron chi connectivity index (χ0n) is 7.91. The number of fused-ring (bicyclic) bond motifs is 1. The molecule has 1 heterocycles. The van der Waals surface area contributed by atoms with E-state index in [4.69, 9.17) is 0 Å². The maximum absolute atomic E-state index is 13.2. The van der Waals surface area contributed by atoms with Gasteiger partial charge >= 0.3 is 0 Å². The number of hydrogen-bond donors (Lipinski definition) is 0. The Morgan fingerprint density at radius 2 is 2.21 bits per heavy atom. The highest BCUT2D eigenvalue weighted by Gasteiger charge is 2.10. The van der Waals surface area contributed by atoms with Crippen LogP contribution in [0.1, 0.15) is 16.1 Å². The lowest BCUT2D eigenvalue weighted by Gasteiger charge is -1.97. The molecule has 72 valence electrons. The van der Waals surface area contributed by atoms with Crippen molar-refractivity contribution in [1.29, 1.82) is 0 Å². The van der Waals surface area contributed by atoms with E-state index >= 15 is 0 Å². The van der Waals surface area contributed by atoms with Gasteiger partial charge in [0.1, 0.15) is 11.5 Å². The second kappa shape index (κ2) is 2.90. The fourth-order valence-corrected chi connectivity index (χ4v) is 1.50. The molecule has 14 heavy (non-hydrogen) atoms. The van der Waals surface area contributed by atoms with Crippen molar-refractivity contribution in [2.45, 2.75) is 6.92 Å². The van der Waals surface area contributed by atoms with Crippen molar-refractivity contribution in [3.63, 3.8) is 0 Å². The van der Waals surface area contributed by atoms with Gasteiger partial charge in [0.05, 0.1) is 5.52 Å². The maximum atomic E-state index is 13.2. The van der Waals surface area contributed by atoms with Crippen LogP contribution in [0.2, 0.25) is 0 Å². The van der Waals surface area contributed by atoms with Gasteiger partial charge in [-0.25, -0.2) is 4.39 Å². The van der Waals surface area contributed by atoms with Crippen molar-refractivity contribution in [1.82, 2.24) is 9.78 Å². The van der Waals surface area contributed by atoms with E-state index in [1.165, 1.54) is 10.7 Å². The van der Waals surface area contributed by atoms with E-state index in [0.29, 0.717) is 28.4 Å². The van der Waals surface area contributed by atoms with Crippen LogP contribution in [0.5, 0.6) is 0 Å². The van der Waals surface area contributed by atoms with E-state index < -0.39 is 0 Å². The third-order valence-corrected chi connectivity index (χ3v) is 2.27. The van der Waals surface area contributed by atoms with Gasteiger partial charge in [-0.1, -0.05) is 0 Å². The molecule has 0 spiro atoms. The van der Waals surface area contributed by atoms with Gasteiger partial charge in [0.2, 0.25) is 0 Å². The Labute approximate surface area is 80.1 Å². The molecule has 2 aromatic rings. The van der Waals surface area contributed by atoms with E-state index in [9.17, 15) is 9.18 Å². The van der Waals surface area contributed by atoms with Crippen LogP contribution in [-0.4, -0.2) is 16.1 Å². The van der Waals surface area contributed by atoms with Gasteiger partial charge in [-0.2, -0.15) is 5.10 Å². The fraction of sp³-hybridized carbons (Fsp3) is 0.200. The summed E-state index contributed by atoms with van der Waals surface area (Å²) in [6, 6.07) is 3.03. The maximum Gasteiger partial charge on any atom is 0.170 e. The lowest BCUT2D eigenvalue weighted by Crippen LogP contribution is -1.91. The summed E-state index contributed by atoms with van der Waals surface area (Å²) in [5.74, 6) is -0.280. The predicted octanol–water partition coefficient (Wildman–Crippen LogP) is 1.83. The van der Waals surface area contributed by atoms with Gasteiger partial charge in [-0.05, 0) is 18.6 Å². The van der Waals surface area contributed by atoms with E-state index in [0.717, 1.165) is 0 Å². The molecule has 1 aromatic heterocycles. The van der Waals surface area contributed by atoms with E-state index in [-0.39, 0.29) is 5.82 Å². The van der Waals surface area contributed by atoms with Crippen LogP contribution in [0.4, 0.5) is 4.39 Å². The minimum Gasteiger partial charge on any atom is -0.296 e. The van der Waals surface area contributed by atoms with E-state index in [2.05, 4.69) is 5.10 Å². The molecule has 0 atom stereocenters. The number of carbonyl (C=O) groups excluding carboxylic acids is 1. The van der Waals surface area contributed by atoms with Crippen LogP contribution in [0.25, 0.3) is 10.9 Å². The van der Waals surface area contributed by atoms with Gasteiger partial charge in [0.25, 0.3) is 0 Å². The van der Waals surface area contributed by atoms with Gasteiger partial charge in [0, 0.05) is 18.5 Å². The molecule has 0 fully saturated rings. The molecule has 0 bridgehead atoms. The topological polar surface area (TPSA) is 34.9 Å². The largest absolute Gasteiger partial charge is 0.296 e. The van der Waals surface area contributed by atoms with Crippen LogP contribution in [0.15, 0.2) is 12.1 Å². The number of benzene rings is 1. The Balaban J connectivity index is 2.90. The lowest BCUT2D eigenvalue weighted by molar-refractivity contribution is 0.111. The zero-order valence-corrected chi connectivity index (χ0v) is 7.91. The number of carbonyl (C=O) groups is 1. The summed E-state index contributed by atoms with van der Waals surface area (Å²) in [6.45, 7) is 1.66. The standard InChI is InChI=1S/C10H9FN2O/c1-6-3-7-9(5-14)12-13(2)10(7)4-8(6)11/h3-5H,1-2H3. The Hall–Kier alpha value is -1.71. The van der Waals surface area contributed by atoms with Crippen LogP contribution in [0.3, 0.4) is 0 Å². The highest BCUT2D eigenvalue weighted by molar-refractivity contribution is 5.95. The highest BCUT2D eigenvalue weighted by Crippen LogP contribution is 2.20. The molecule has 0 aliphatic carbocycles. The van der Waals surface area contributed by atoms with Crippen molar-refractivity contribution >= 4 is 17.2 Å².